The summed E-state index contributed by atoms with van der Waals surface area (Å²) in [7, 11) is 0. The molecule has 1 aliphatic carbocycles. The standard InChI is InChI=1S/C46H26N2O/c1-2-12-28(13-3-1)48-45-33(34-22-24-41-44(46(34)48)36-17-7-9-20-40(36)49-41)21-23-39-43(45)35-16-6-8-19-38(35)47(39)29-25-27-11-10-18-32-30-14-4-5-15-31(30)37(26-29)42(27)32/h1-26H. The van der Waals surface area contributed by atoms with Crippen molar-refractivity contribution in [3.8, 4) is 33.6 Å². The van der Waals surface area contributed by atoms with Crippen LogP contribution in [0.1, 0.15) is 0 Å². The number of hydrogen-bond acceptors (Lipinski definition) is 1. The molecule has 11 aromatic rings. The average Bonchev–Trinajstić information content (AvgIpc) is 3.89. The first-order valence-corrected chi connectivity index (χ1v) is 16.9. The number of aromatic nitrogens is 2. The molecule has 226 valence electrons. The molecule has 3 aromatic heterocycles. The first kappa shape index (κ1) is 25.5. The molecule has 0 N–H and O–H groups in total. The molecule has 3 heteroatoms. The third kappa shape index (κ3) is 3.17. The van der Waals surface area contributed by atoms with Crippen molar-refractivity contribution < 1.29 is 4.42 Å². The highest BCUT2D eigenvalue weighted by Crippen LogP contribution is 2.50. The third-order valence-electron chi connectivity index (χ3n) is 10.8. The molecule has 3 nitrogen and oxygen atoms in total. The van der Waals surface area contributed by atoms with Crippen molar-refractivity contribution in [1.29, 1.82) is 0 Å². The first-order chi connectivity index (χ1) is 24.3. The summed E-state index contributed by atoms with van der Waals surface area (Å²) in [5.41, 5.74) is 14.1. The van der Waals surface area contributed by atoms with Crippen molar-refractivity contribution >= 4 is 76.3 Å². The van der Waals surface area contributed by atoms with E-state index >= 15 is 0 Å². The Labute approximate surface area is 280 Å². The molecular formula is C46H26N2O. The van der Waals surface area contributed by atoms with Gasteiger partial charge in [0, 0.05) is 38.3 Å². The molecule has 8 aromatic carbocycles. The summed E-state index contributed by atoms with van der Waals surface area (Å²) in [6, 6.07) is 57.5. The van der Waals surface area contributed by atoms with Gasteiger partial charge in [0.25, 0.3) is 0 Å². The van der Waals surface area contributed by atoms with Crippen LogP contribution >= 0.6 is 0 Å². The number of furan rings is 1. The van der Waals surface area contributed by atoms with Crippen LogP contribution in [-0.2, 0) is 0 Å². The minimum atomic E-state index is 0.904. The van der Waals surface area contributed by atoms with E-state index in [4.69, 9.17) is 4.42 Å². The molecule has 1 aliphatic rings. The number of fused-ring (bicyclic) bond motifs is 14. The summed E-state index contributed by atoms with van der Waals surface area (Å²) in [6.45, 7) is 0. The Morgan fingerprint density at radius 3 is 1.92 bits per heavy atom. The van der Waals surface area contributed by atoms with Crippen molar-refractivity contribution in [2.75, 3.05) is 0 Å². The minimum Gasteiger partial charge on any atom is -0.456 e. The average molecular weight is 623 g/mol. The van der Waals surface area contributed by atoms with E-state index in [1.54, 1.807) is 0 Å². The van der Waals surface area contributed by atoms with Gasteiger partial charge in [-0.3, -0.25) is 0 Å². The van der Waals surface area contributed by atoms with E-state index < -0.39 is 0 Å². The highest BCUT2D eigenvalue weighted by atomic mass is 16.3. The van der Waals surface area contributed by atoms with Crippen LogP contribution < -0.4 is 0 Å². The lowest BCUT2D eigenvalue weighted by atomic mass is 10.0. The largest absolute Gasteiger partial charge is 0.456 e. The van der Waals surface area contributed by atoms with E-state index in [9.17, 15) is 0 Å². The van der Waals surface area contributed by atoms with Crippen molar-refractivity contribution in [2.45, 2.75) is 0 Å². The topological polar surface area (TPSA) is 23.0 Å². The summed E-state index contributed by atoms with van der Waals surface area (Å²) in [5.74, 6) is 0. The Morgan fingerprint density at radius 1 is 0.347 bits per heavy atom. The lowest BCUT2D eigenvalue weighted by Gasteiger charge is -2.12. The fourth-order valence-corrected chi connectivity index (χ4v) is 8.90. The lowest BCUT2D eigenvalue weighted by molar-refractivity contribution is 0.669. The number of nitrogens with zero attached hydrogens (tertiary/aromatic N) is 2. The summed E-state index contributed by atoms with van der Waals surface area (Å²) < 4.78 is 11.4. The fraction of sp³-hybridized carbons (Fsp3) is 0. The lowest BCUT2D eigenvalue weighted by Crippen LogP contribution is -1.96. The van der Waals surface area contributed by atoms with E-state index in [1.807, 2.05) is 6.07 Å². The second-order valence-corrected chi connectivity index (χ2v) is 13.3. The van der Waals surface area contributed by atoms with Crippen LogP contribution in [0.4, 0.5) is 0 Å². The van der Waals surface area contributed by atoms with Crippen molar-refractivity contribution in [3.63, 3.8) is 0 Å². The Balaban J connectivity index is 1.28. The van der Waals surface area contributed by atoms with Crippen LogP contribution in [0.25, 0.3) is 110 Å². The molecule has 0 amide bonds. The Morgan fingerprint density at radius 2 is 1.04 bits per heavy atom. The highest BCUT2D eigenvalue weighted by Gasteiger charge is 2.26. The Kier molecular flexibility index (Phi) is 4.72. The zero-order valence-corrected chi connectivity index (χ0v) is 26.3. The normalized spacial score (nSPS) is 12.5. The SMILES string of the molecule is c1ccc(-n2c3c(ccc4oc5ccccc5c43)c3ccc4c(c5ccccc5n4-c4cc5c6c(cccc6c4)-c4ccccc4-5)c32)cc1. The van der Waals surface area contributed by atoms with Crippen molar-refractivity contribution in [2.24, 2.45) is 0 Å². The Hall–Kier alpha value is -6.58. The van der Waals surface area contributed by atoms with Gasteiger partial charge >= 0.3 is 0 Å². The van der Waals surface area contributed by atoms with Gasteiger partial charge in [-0.15, -0.1) is 0 Å². The number of para-hydroxylation sites is 3. The molecule has 0 spiro atoms. The quantitative estimate of drug-likeness (QED) is 0.188. The maximum atomic E-state index is 6.44. The van der Waals surface area contributed by atoms with Crippen LogP contribution in [0, 0.1) is 0 Å². The summed E-state index contributed by atoms with van der Waals surface area (Å²) in [6.07, 6.45) is 0. The Bertz CT molecular complexity index is 3210. The van der Waals surface area contributed by atoms with E-state index in [1.165, 1.54) is 82.3 Å². The van der Waals surface area contributed by atoms with Gasteiger partial charge in [0.15, 0.2) is 0 Å². The predicted octanol–water partition coefficient (Wildman–Crippen LogP) is 12.6. The van der Waals surface area contributed by atoms with E-state index in [2.05, 4.69) is 161 Å². The van der Waals surface area contributed by atoms with E-state index in [0.717, 1.165) is 27.6 Å². The molecule has 0 fully saturated rings. The van der Waals surface area contributed by atoms with Gasteiger partial charge in [0.2, 0.25) is 0 Å². The van der Waals surface area contributed by atoms with Crippen LogP contribution in [-0.4, -0.2) is 9.13 Å². The van der Waals surface area contributed by atoms with Crippen LogP contribution in [0.15, 0.2) is 162 Å². The highest BCUT2D eigenvalue weighted by molar-refractivity contribution is 6.31. The van der Waals surface area contributed by atoms with Crippen molar-refractivity contribution in [1.82, 2.24) is 9.13 Å². The van der Waals surface area contributed by atoms with Crippen LogP contribution in [0.2, 0.25) is 0 Å². The van der Waals surface area contributed by atoms with Crippen LogP contribution in [0.3, 0.4) is 0 Å². The minimum absolute atomic E-state index is 0.904. The zero-order valence-electron chi connectivity index (χ0n) is 26.3. The van der Waals surface area contributed by atoms with Gasteiger partial charge in [-0.2, -0.15) is 0 Å². The smallest absolute Gasteiger partial charge is 0.137 e. The molecule has 12 rings (SSSR count). The monoisotopic (exact) mass is 622 g/mol. The molecular weight excluding hydrogens is 597 g/mol. The summed E-state index contributed by atoms with van der Waals surface area (Å²) >= 11 is 0. The van der Waals surface area contributed by atoms with Gasteiger partial charge in [-0.25, -0.2) is 0 Å². The van der Waals surface area contributed by atoms with Gasteiger partial charge in [0.1, 0.15) is 11.2 Å². The molecule has 0 atom stereocenters. The second-order valence-electron chi connectivity index (χ2n) is 13.3. The summed E-state index contributed by atoms with van der Waals surface area (Å²) in [4.78, 5) is 0. The molecule has 0 saturated heterocycles. The third-order valence-corrected chi connectivity index (χ3v) is 10.8. The van der Waals surface area contributed by atoms with Gasteiger partial charge < -0.3 is 13.6 Å². The second kappa shape index (κ2) is 9.06. The maximum Gasteiger partial charge on any atom is 0.137 e. The van der Waals surface area contributed by atoms with Gasteiger partial charge in [-0.1, -0.05) is 103 Å². The van der Waals surface area contributed by atoms with Gasteiger partial charge in [0.05, 0.1) is 27.5 Å². The van der Waals surface area contributed by atoms with Crippen molar-refractivity contribution in [3.05, 3.63) is 158 Å². The van der Waals surface area contributed by atoms with Crippen LogP contribution in [0.5, 0.6) is 0 Å². The zero-order chi connectivity index (χ0) is 31.8. The predicted molar refractivity (Wildman–Crippen MR) is 204 cm³/mol. The molecule has 0 aliphatic heterocycles. The molecule has 0 bridgehead atoms. The summed E-state index contributed by atoms with van der Waals surface area (Å²) in [5, 5.41) is 9.84. The fourth-order valence-electron chi connectivity index (χ4n) is 8.90. The number of benzene rings is 8. The van der Waals surface area contributed by atoms with E-state index in [-0.39, 0.29) is 0 Å². The van der Waals surface area contributed by atoms with Gasteiger partial charge in [-0.05, 0) is 87.6 Å². The van der Waals surface area contributed by atoms with E-state index in [0.29, 0.717) is 0 Å². The number of rotatable bonds is 2. The maximum absolute atomic E-state index is 6.44. The molecule has 0 unspecified atom stereocenters. The molecule has 0 saturated carbocycles. The molecule has 3 heterocycles. The molecule has 0 radical (unpaired) electrons. The molecule has 49 heavy (non-hydrogen) atoms. The number of hydrogen-bond donors (Lipinski definition) is 0. The first-order valence-electron chi connectivity index (χ1n) is 16.9.